The van der Waals surface area contributed by atoms with Gasteiger partial charge in [0.25, 0.3) is 0 Å². The van der Waals surface area contributed by atoms with Gasteiger partial charge in [0, 0.05) is 41.8 Å². The van der Waals surface area contributed by atoms with E-state index in [9.17, 15) is 0 Å². The van der Waals surface area contributed by atoms with Crippen LogP contribution in [0, 0.1) is 5.92 Å². The van der Waals surface area contributed by atoms with Gasteiger partial charge in [-0.2, -0.15) is 0 Å². The summed E-state index contributed by atoms with van der Waals surface area (Å²) in [4.78, 5) is 2.50. The van der Waals surface area contributed by atoms with Crippen molar-refractivity contribution in [3.05, 3.63) is 33.8 Å². The highest BCUT2D eigenvalue weighted by Gasteiger charge is 2.43. The number of benzene rings is 1. The molecule has 0 aromatic heterocycles. The van der Waals surface area contributed by atoms with E-state index < -0.39 is 0 Å². The van der Waals surface area contributed by atoms with Gasteiger partial charge >= 0.3 is 0 Å². The maximum Gasteiger partial charge on any atom is 0.0465 e. The second kappa shape index (κ2) is 5.25. The average Bonchev–Trinajstić information content (AvgIpc) is 3.17. The van der Waals surface area contributed by atoms with E-state index in [0.717, 1.165) is 37.1 Å². The number of halogens is 2. The van der Waals surface area contributed by atoms with E-state index in [1.807, 2.05) is 18.2 Å². The summed E-state index contributed by atoms with van der Waals surface area (Å²) in [7, 11) is 0. The van der Waals surface area contributed by atoms with Crippen LogP contribution in [0.15, 0.2) is 18.2 Å². The second-order valence-corrected chi connectivity index (χ2v) is 6.91. The highest BCUT2D eigenvalue weighted by molar-refractivity contribution is 6.35. The highest BCUT2D eigenvalue weighted by atomic mass is 35.5. The van der Waals surface area contributed by atoms with E-state index >= 15 is 0 Å². The molecule has 1 aliphatic heterocycles. The fourth-order valence-corrected chi connectivity index (χ4v) is 3.59. The van der Waals surface area contributed by atoms with Gasteiger partial charge in [-0.25, -0.2) is 0 Å². The van der Waals surface area contributed by atoms with E-state index in [4.69, 9.17) is 23.2 Å². The number of nitrogens with one attached hydrogen (secondary N) is 1. The van der Waals surface area contributed by atoms with Crippen molar-refractivity contribution < 1.29 is 0 Å². The van der Waals surface area contributed by atoms with Gasteiger partial charge in [0.1, 0.15) is 0 Å². The van der Waals surface area contributed by atoms with E-state index in [0.29, 0.717) is 5.02 Å². The molecule has 0 radical (unpaired) electrons. The average molecular weight is 299 g/mol. The third kappa shape index (κ3) is 3.08. The molecule has 1 atom stereocenters. The first-order valence-corrected chi connectivity index (χ1v) is 7.74. The van der Waals surface area contributed by atoms with Gasteiger partial charge < -0.3 is 5.32 Å². The van der Waals surface area contributed by atoms with Crippen molar-refractivity contribution in [1.29, 1.82) is 0 Å². The molecule has 3 rings (SSSR count). The molecule has 19 heavy (non-hydrogen) atoms. The van der Waals surface area contributed by atoms with Crippen molar-refractivity contribution >= 4 is 23.2 Å². The van der Waals surface area contributed by atoms with Gasteiger partial charge in [-0.05, 0) is 43.4 Å². The summed E-state index contributed by atoms with van der Waals surface area (Å²) in [6.07, 6.45) is 2.75. The summed E-state index contributed by atoms with van der Waals surface area (Å²) in [6.45, 7) is 6.54. The van der Waals surface area contributed by atoms with Crippen molar-refractivity contribution in [3.63, 3.8) is 0 Å². The van der Waals surface area contributed by atoms with Crippen molar-refractivity contribution in [1.82, 2.24) is 10.2 Å². The molecule has 1 saturated carbocycles. The SMILES string of the molecule is CC1(C2CC2)CN(Cc2ccc(Cl)cc2Cl)CCN1. The molecule has 1 heterocycles. The molecule has 0 bridgehead atoms. The number of rotatable bonds is 3. The van der Waals surface area contributed by atoms with Crippen LogP contribution in [0.1, 0.15) is 25.3 Å². The largest absolute Gasteiger partial charge is 0.309 e. The molecular weight excluding hydrogens is 279 g/mol. The van der Waals surface area contributed by atoms with E-state index in [1.165, 1.54) is 18.4 Å². The Labute approximate surface area is 125 Å². The summed E-state index contributed by atoms with van der Waals surface area (Å²) in [5, 5.41) is 5.18. The van der Waals surface area contributed by atoms with Crippen LogP contribution in [0.4, 0.5) is 0 Å². The molecular formula is C15H20Cl2N2. The number of hydrogen-bond acceptors (Lipinski definition) is 2. The van der Waals surface area contributed by atoms with E-state index in [1.54, 1.807) is 0 Å². The third-order valence-electron chi connectivity index (χ3n) is 4.40. The molecule has 1 aromatic carbocycles. The molecule has 1 aliphatic carbocycles. The van der Waals surface area contributed by atoms with Crippen molar-refractivity contribution in [2.75, 3.05) is 19.6 Å². The minimum Gasteiger partial charge on any atom is -0.309 e. The summed E-state index contributed by atoms with van der Waals surface area (Å²) >= 11 is 12.2. The molecule has 1 N–H and O–H groups in total. The van der Waals surface area contributed by atoms with Crippen LogP contribution < -0.4 is 5.32 Å². The topological polar surface area (TPSA) is 15.3 Å². The third-order valence-corrected chi connectivity index (χ3v) is 4.98. The lowest BCUT2D eigenvalue weighted by Crippen LogP contribution is -2.59. The monoisotopic (exact) mass is 298 g/mol. The van der Waals surface area contributed by atoms with Crippen molar-refractivity contribution in [2.45, 2.75) is 31.8 Å². The van der Waals surface area contributed by atoms with Crippen LogP contribution in [0.5, 0.6) is 0 Å². The molecule has 2 aliphatic rings. The fourth-order valence-electron chi connectivity index (χ4n) is 3.12. The van der Waals surface area contributed by atoms with E-state index in [-0.39, 0.29) is 5.54 Å². The zero-order valence-corrected chi connectivity index (χ0v) is 12.8. The van der Waals surface area contributed by atoms with Gasteiger partial charge in [0.15, 0.2) is 0 Å². The van der Waals surface area contributed by atoms with Crippen LogP contribution in [0.2, 0.25) is 10.0 Å². The Kier molecular flexibility index (Phi) is 3.78. The van der Waals surface area contributed by atoms with Gasteiger partial charge in [0.2, 0.25) is 0 Å². The molecule has 2 fully saturated rings. The quantitative estimate of drug-likeness (QED) is 0.918. The Hall–Kier alpha value is -0.280. The van der Waals surface area contributed by atoms with E-state index in [2.05, 4.69) is 17.1 Å². The normalized spacial score (nSPS) is 28.6. The van der Waals surface area contributed by atoms with Gasteiger partial charge in [0.05, 0.1) is 0 Å². The summed E-state index contributed by atoms with van der Waals surface area (Å²) in [6, 6.07) is 5.80. The number of hydrogen-bond donors (Lipinski definition) is 1. The first-order chi connectivity index (χ1) is 9.07. The van der Waals surface area contributed by atoms with Crippen LogP contribution in [-0.2, 0) is 6.54 Å². The zero-order chi connectivity index (χ0) is 13.5. The Bertz CT molecular complexity index is 473. The Morgan fingerprint density at radius 3 is 2.84 bits per heavy atom. The molecule has 104 valence electrons. The predicted octanol–water partition coefficient (Wildman–Crippen LogP) is 3.57. The highest BCUT2D eigenvalue weighted by Crippen LogP contribution is 2.41. The minimum atomic E-state index is 0.289. The van der Waals surface area contributed by atoms with Crippen molar-refractivity contribution in [2.24, 2.45) is 5.92 Å². The smallest absolute Gasteiger partial charge is 0.0465 e. The van der Waals surface area contributed by atoms with Gasteiger partial charge in [-0.1, -0.05) is 29.3 Å². The Balaban J connectivity index is 1.69. The van der Waals surface area contributed by atoms with Gasteiger partial charge in [-0.15, -0.1) is 0 Å². The van der Waals surface area contributed by atoms with Crippen molar-refractivity contribution in [3.8, 4) is 0 Å². The lowest BCUT2D eigenvalue weighted by atomic mass is 9.92. The molecule has 2 nitrogen and oxygen atoms in total. The van der Waals surface area contributed by atoms with Crippen LogP contribution >= 0.6 is 23.2 Å². The zero-order valence-electron chi connectivity index (χ0n) is 11.3. The molecule has 1 unspecified atom stereocenters. The molecule has 0 amide bonds. The van der Waals surface area contributed by atoms with Crippen LogP contribution in [0.25, 0.3) is 0 Å². The first-order valence-electron chi connectivity index (χ1n) is 6.98. The Morgan fingerprint density at radius 1 is 1.37 bits per heavy atom. The Morgan fingerprint density at radius 2 is 2.16 bits per heavy atom. The first kappa shape index (κ1) is 13.7. The standard InChI is InChI=1S/C15H20Cl2N2/c1-15(12-3-4-12)10-19(7-6-18-15)9-11-2-5-13(16)8-14(11)17/h2,5,8,12,18H,3-4,6-7,9-10H2,1H3. The maximum absolute atomic E-state index is 6.27. The lowest BCUT2D eigenvalue weighted by Gasteiger charge is -2.42. The number of piperazine rings is 1. The predicted molar refractivity (Wildman–Crippen MR) is 80.9 cm³/mol. The molecule has 1 aromatic rings. The maximum atomic E-state index is 6.27. The van der Waals surface area contributed by atoms with Crippen LogP contribution in [-0.4, -0.2) is 30.1 Å². The lowest BCUT2D eigenvalue weighted by molar-refractivity contribution is 0.121. The fraction of sp³-hybridized carbons (Fsp3) is 0.600. The minimum absolute atomic E-state index is 0.289. The number of nitrogens with zero attached hydrogens (tertiary/aromatic N) is 1. The molecule has 0 spiro atoms. The summed E-state index contributed by atoms with van der Waals surface area (Å²) < 4.78 is 0. The molecule has 1 saturated heterocycles. The van der Waals surface area contributed by atoms with Gasteiger partial charge in [-0.3, -0.25) is 4.90 Å². The van der Waals surface area contributed by atoms with Crippen LogP contribution in [0.3, 0.4) is 0 Å². The second-order valence-electron chi connectivity index (χ2n) is 6.06. The molecule has 4 heteroatoms. The summed E-state index contributed by atoms with van der Waals surface area (Å²) in [5.41, 5.74) is 1.46. The summed E-state index contributed by atoms with van der Waals surface area (Å²) in [5.74, 6) is 0.857.